The van der Waals surface area contributed by atoms with Crippen LogP contribution in [-0.2, 0) is 6.42 Å². The highest BCUT2D eigenvalue weighted by Crippen LogP contribution is 2.32. The molecule has 0 amide bonds. The summed E-state index contributed by atoms with van der Waals surface area (Å²) in [4.78, 5) is 13.3. The molecule has 0 aliphatic heterocycles. The molecule has 0 unspecified atom stereocenters. The Bertz CT molecular complexity index is 1200. The minimum Gasteiger partial charge on any atom is -0.508 e. The summed E-state index contributed by atoms with van der Waals surface area (Å²) < 4.78 is 15.7. The fourth-order valence-corrected chi connectivity index (χ4v) is 3.34. The summed E-state index contributed by atoms with van der Waals surface area (Å²) in [7, 11) is 4.56. The van der Waals surface area contributed by atoms with E-state index in [0.29, 0.717) is 40.0 Å². The fraction of sp³-hybridized carbons (Fsp3) is 0.160. The first kappa shape index (κ1) is 24.2. The number of rotatable bonds is 9. The van der Waals surface area contributed by atoms with Crippen LogP contribution in [0.3, 0.4) is 0 Å². The van der Waals surface area contributed by atoms with Gasteiger partial charge in [-0.05, 0) is 42.5 Å². The second-order valence-corrected chi connectivity index (χ2v) is 7.59. The first-order chi connectivity index (χ1) is 17.4. The summed E-state index contributed by atoms with van der Waals surface area (Å²) in [5, 5.41) is 36.9. The van der Waals surface area contributed by atoms with Gasteiger partial charge < -0.3 is 40.2 Å². The third-order valence-electron chi connectivity index (χ3n) is 5.22. The number of nitrogens with one attached hydrogen (secondary N) is 2. The molecule has 1 heterocycles. The molecule has 186 valence electrons. The number of hydrogen-bond acceptors (Lipinski definition) is 11. The lowest BCUT2D eigenvalue weighted by Crippen LogP contribution is -2.08. The third-order valence-corrected chi connectivity index (χ3v) is 5.22. The zero-order chi connectivity index (χ0) is 25.7. The first-order valence-electron chi connectivity index (χ1n) is 10.8. The van der Waals surface area contributed by atoms with Gasteiger partial charge in [0.1, 0.15) is 40.3 Å². The Labute approximate surface area is 207 Å². The molecule has 0 radical (unpaired) electrons. The summed E-state index contributed by atoms with van der Waals surface area (Å²) >= 11 is 0. The van der Waals surface area contributed by atoms with E-state index in [0.717, 1.165) is 0 Å². The number of benzene rings is 3. The van der Waals surface area contributed by atoms with Crippen molar-refractivity contribution in [2.24, 2.45) is 0 Å². The zero-order valence-electron chi connectivity index (χ0n) is 19.8. The lowest BCUT2D eigenvalue weighted by atomic mass is 10.1. The Morgan fingerprint density at radius 2 is 1.06 bits per heavy atom. The standard InChI is InChI=1S/C25H25N5O6/c1-34-15-4-7-20(31)14(10-15)11-23-28-24(26-18-12-16(35-2)5-8-21(18)32)30-25(29-23)27-19-13-17(36-3)6-9-22(19)33/h4-10,12-13,31-33H,11H2,1-3H3,(H2,26,27,28,29,30). The summed E-state index contributed by atoms with van der Waals surface area (Å²) in [6.45, 7) is 0. The SMILES string of the molecule is COc1ccc(O)c(Cc2nc(Nc3cc(OC)ccc3O)nc(Nc3cc(OC)ccc3O)n2)c1. The van der Waals surface area contributed by atoms with Crippen LogP contribution < -0.4 is 24.8 Å². The van der Waals surface area contributed by atoms with Gasteiger partial charge in [-0.1, -0.05) is 0 Å². The normalized spacial score (nSPS) is 10.5. The smallest absolute Gasteiger partial charge is 0.232 e. The van der Waals surface area contributed by atoms with E-state index >= 15 is 0 Å². The Hall–Kier alpha value is -4.93. The number of phenols is 3. The predicted octanol–water partition coefficient (Wildman–Crippen LogP) is 4.09. The molecule has 11 nitrogen and oxygen atoms in total. The molecule has 4 aromatic rings. The molecule has 4 rings (SSSR count). The van der Waals surface area contributed by atoms with E-state index in [1.165, 1.54) is 39.5 Å². The molecule has 3 aromatic carbocycles. The van der Waals surface area contributed by atoms with Gasteiger partial charge in [-0.3, -0.25) is 0 Å². The van der Waals surface area contributed by atoms with Crippen molar-refractivity contribution in [2.75, 3.05) is 32.0 Å². The number of aromatic nitrogens is 3. The second kappa shape index (κ2) is 10.6. The van der Waals surface area contributed by atoms with Crippen molar-refractivity contribution >= 4 is 23.3 Å². The molecular weight excluding hydrogens is 466 g/mol. The second-order valence-electron chi connectivity index (χ2n) is 7.59. The van der Waals surface area contributed by atoms with Crippen LogP contribution in [0, 0.1) is 0 Å². The molecule has 36 heavy (non-hydrogen) atoms. The summed E-state index contributed by atoms with van der Waals surface area (Å²) in [5.74, 6) is 2.09. The lowest BCUT2D eigenvalue weighted by molar-refractivity contribution is 0.411. The van der Waals surface area contributed by atoms with Gasteiger partial charge in [0.25, 0.3) is 0 Å². The number of ether oxygens (including phenoxy) is 3. The molecule has 0 saturated carbocycles. The van der Waals surface area contributed by atoms with Crippen LogP contribution in [0.15, 0.2) is 54.6 Å². The van der Waals surface area contributed by atoms with E-state index in [1.54, 1.807) is 36.4 Å². The molecule has 0 spiro atoms. The maximum Gasteiger partial charge on any atom is 0.232 e. The monoisotopic (exact) mass is 491 g/mol. The maximum atomic E-state index is 10.3. The van der Waals surface area contributed by atoms with Crippen molar-refractivity contribution < 1.29 is 29.5 Å². The highest BCUT2D eigenvalue weighted by atomic mass is 16.5. The van der Waals surface area contributed by atoms with Crippen LogP contribution in [0.4, 0.5) is 23.3 Å². The van der Waals surface area contributed by atoms with E-state index < -0.39 is 0 Å². The Kier molecular flexibility index (Phi) is 7.10. The fourth-order valence-electron chi connectivity index (χ4n) is 3.34. The first-order valence-corrected chi connectivity index (χ1v) is 10.8. The van der Waals surface area contributed by atoms with Crippen molar-refractivity contribution in [3.63, 3.8) is 0 Å². The number of methoxy groups -OCH3 is 3. The maximum absolute atomic E-state index is 10.3. The van der Waals surface area contributed by atoms with Gasteiger partial charge in [0.05, 0.1) is 32.7 Å². The molecule has 1 aromatic heterocycles. The Balaban J connectivity index is 1.74. The van der Waals surface area contributed by atoms with Crippen molar-refractivity contribution in [1.82, 2.24) is 15.0 Å². The van der Waals surface area contributed by atoms with Crippen LogP contribution >= 0.6 is 0 Å². The highest BCUT2D eigenvalue weighted by Gasteiger charge is 2.14. The summed E-state index contributed by atoms with van der Waals surface area (Å²) in [5.41, 5.74) is 1.16. The number of anilines is 4. The van der Waals surface area contributed by atoms with Crippen LogP contribution in [0.1, 0.15) is 11.4 Å². The molecular formula is C25H25N5O6. The molecule has 0 aliphatic rings. The van der Waals surface area contributed by atoms with Crippen molar-refractivity contribution in [3.8, 4) is 34.5 Å². The number of phenolic OH excluding ortho intramolecular Hbond substituents is 3. The van der Waals surface area contributed by atoms with Gasteiger partial charge in [0.2, 0.25) is 11.9 Å². The van der Waals surface area contributed by atoms with Crippen LogP contribution in [0.2, 0.25) is 0 Å². The largest absolute Gasteiger partial charge is 0.508 e. The zero-order valence-corrected chi connectivity index (χ0v) is 19.8. The summed E-state index contributed by atoms with van der Waals surface area (Å²) in [6, 6.07) is 14.2. The Morgan fingerprint density at radius 3 is 1.53 bits per heavy atom. The topological polar surface area (TPSA) is 151 Å². The third kappa shape index (κ3) is 5.58. The minimum absolute atomic E-state index is 0.0387. The minimum atomic E-state index is -0.0387. The van der Waals surface area contributed by atoms with E-state index in [1.807, 2.05) is 0 Å². The van der Waals surface area contributed by atoms with E-state index in [4.69, 9.17) is 14.2 Å². The van der Waals surface area contributed by atoms with E-state index in [-0.39, 0.29) is 35.6 Å². The molecule has 0 bridgehead atoms. The van der Waals surface area contributed by atoms with E-state index in [9.17, 15) is 15.3 Å². The molecule has 0 aliphatic carbocycles. The van der Waals surface area contributed by atoms with Gasteiger partial charge in [0.15, 0.2) is 0 Å². The van der Waals surface area contributed by atoms with Crippen LogP contribution in [0.5, 0.6) is 34.5 Å². The van der Waals surface area contributed by atoms with Crippen molar-refractivity contribution in [1.29, 1.82) is 0 Å². The molecule has 0 atom stereocenters. The molecule has 0 saturated heterocycles. The van der Waals surface area contributed by atoms with Crippen molar-refractivity contribution in [2.45, 2.75) is 6.42 Å². The molecule has 0 fully saturated rings. The van der Waals surface area contributed by atoms with Gasteiger partial charge in [-0.15, -0.1) is 0 Å². The van der Waals surface area contributed by atoms with E-state index in [2.05, 4.69) is 25.6 Å². The summed E-state index contributed by atoms with van der Waals surface area (Å²) in [6.07, 6.45) is 0.142. The number of aromatic hydroxyl groups is 3. The average molecular weight is 492 g/mol. The highest BCUT2D eigenvalue weighted by molar-refractivity contribution is 5.67. The molecule has 11 heteroatoms. The van der Waals surface area contributed by atoms with Crippen molar-refractivity contribution in [3.05, 3.63) is 66.0 Å². The van der Waals surface area contributed by atoms with Gasteiger partial charge >= 0.3 is 0 Å². The Morgan fingerprint density at radius 1 is 0.611 bits per heavy atom. The van der Waals surface area contributed by atoms with Crippen LogP contribution in [0.25, 0.3) is 0 Å². The molecule has 5 N–H and O–H groups in total. The number of hydrogen-bond donors (Lipinski definition) is 5. The van der Waals surface area contributed by atoms with Crippen LogP contribution in [-0.4, -0.2) is 51.6 Å². The quantitative estimate of drug-likeness (QED) is 0.215. The van der Waals surface area contributed by atoms with Gasteiger partial charge in [-0.2, -0.15) is 15.0 Å². The number of nitrogens with zero attached hydrogens (tertiary/aromatic N) is 3. The average Bonchev–Trinajstić information content (AvgIpc) is 2.88. The predicted molar refractivity (Wildman–Crippen MR) is 133 cm³/mol. The van der Waals surface area contributed by atoms with Gasteiger partial charge in [-0.25, -0.2) is 0 Å². The van der Waals surface area contributed by atoms with Gasteiger partial charge in [0, 0.05) is 24.1 Å². The lowest BCUT2D eigenvalue weighted by Gasteiger charge is -2.13.